The number of thioether (sulfide) groups is 1. The summed E-state index contributed by atoms with van der Waals surface area (Å²) in [6.07, 6.45) is 1.92. The van der Waals surface area contributed by atoms with Gasteiger partial charge in [-0.3, -0.25) is 0 Å². The van der Waals surface area contributed by atoms with Crippen molar-refractivity contribution in [3.05, 3.63) is 29.8 Å². The van der Waals surface area contributed by atoms with Crippen LogP contribution in [0.15, 0.2) is 39.6 Å². The lowest BCUT2D eigenvalue weighted by Crippen LogP contribution is -1.95. The minimum atomic E-state index is 0.471. The van der Waals surface area contributed by atoms with E-state index < -0.39 is 0 Å². The number of fused-ring (bicyclic) bond motifs is 1. The van der Waals surface area contributed by atoms with Crippen molar-refractivity contribution in [2.45, 2.75) is 22.3 Å². The summed E-state index contributed by atoms with van der Waals surface area (Å²) in [7, 11) is 0. The second kappa shape index (κ2) is 5.34. The maximum absolute atomic E-state index is 5.78. The fourth-order valence-electron chi connectivity index (χ4n) is 1.81. The molecular formula is C13H13N5S2. The lowest BCUT2D eigenvalue weighted by Gasteiger charge is -2.01. The minimum Gasteiger partial charge on any atom is -0.384 e. The number of hydrogen-bond acceptors (Lipinski definition) is 6. The molecule has 0 saturated heterocycles. The van der Waals surface area contributed by atoms with Gasteiger partial charge in [0.25, 0.3) is 0 Å². The Morgan fingerprint density at radius 3 is 2.80 bits per heavy atom. The van der Waals surface area contributed by atoms with Crippen LogP contribution in [-0.2, 0) is 0 Å². The summed E-state index contributed by atoms with van der Waals surface area (Å²) >= 11 is 2.92. The molecule has 102 valence electrons. The summed E-state index contributed by atoms with van der Waals surface area (Å²) in [6.45, 7) is 2.06. The lowest BCUT2D eigenvalue weighted by molar-refractivity contribution is 0.898. The number of nitrogens with two attached hydrogens (primary N) is 1. The van der Waals surface area contributed by atoms with Gasteiger partial charge in [-0.25, -0.2) is 15.0 Å². The second-order valence-corrected chi connectivity index (χ2v) is 6.06. The van der Waals surface area contributed by atoms with Crippen molar-refractivity contribution >= 4 is 40.4 Å². The van der Waals surface area contributed by atoms with E-state index >= 15 is 0 Å². The molecule has 0 atom stereocenters. The predicted octanol–water partition coefficient (Wildman–Crippen LogP) is 3.12. The number of benzene rings is 1. The van der Waals surface area contributed by atoms with Crippen LogP contribution >= 0.6 is 23.5 Å². The number of anilines is 1. The molecule has 0 radical (unpaired) electrons. The van der Waals surface area contributed by atoms with Gasteiger partial charge < -0.3 is 10.7 Å². The Labute approximate surface area is 124 Å². The molecule has 5 nitrogen and oxygen atoms in total. The molecule has 3 N–H and O–H groups in total. The van der Waals surface area contributed by atoms with E-state index in [0.29, 0.717) is 11.0 Å². The van der Waals surface area contributed by atoms with Crippen LogP contribution in [-0.4, -0.2) is 26.2 Å². The third-order valence-corrected chi connectivity index (χ3v) is 4.05. The van der Waals surface area contributed by atoms with Crippen molar-refractivity contribution in [2.24, 2.45) is 0 Å². The minimum absolute atomic E-state index is 0.471. The molecule has 0 aliphatic rings. The van der Waals surface area contributed by atoms with Gasteiger partial charge in [0.1, 0.15) is 10.8 Å². The van der Waals surface area contributed by atoms with Crippen LogP contribution in [0.5, 0.6) is 0 Å². The average molecular weight is 303 g/mol. The molecule has 7 heteroatoms. The number of aromatic nitrogens is 4. The SMILES string of the molecule is CSc1nc(N)cc(Sc2nc3ccc(C)cc3[nH]2)n1. The number of H-pyrrole nitrogens is 1. The molecule has 0 spiro atoms. The van der Waals surface area contributed by atoms with E-state index in [4.69, 9.17) is 5.73 Å². The zero-order valence-corrected chi connectivity index (χ0v) is 12.7. The molecular weight excluding hydrogens is 290 g/mol. The molecule has 3 rings (SSSR count). The monoisotopic (exact) mass is 303 g/mol. The third-order valence-electron chi connectivity index (χ3n) is 2.70. The first kappa shape index (κ1) is 13.3. The Morgan fingerprint density at radius 1 is 1.15 bits per heavy atom. The molecule has 0 aliphatic heterocycles. The van der Waals surface area contributed by atoms with Crippen LogP contribution in [0.4, 0.5) is 5.82 Å². The summed E-state index contributed by atoms with van der Waals surface area (Å²) in [5.41, 5.74) is 8.95. The highest BCUT2D eigenvalue weighted by atomic mass is 32.2. The zero-order valence-electron chi connectivity index (χ0n) is 11.0. The van der Waals surface area contributed by atoms with E-state index in [0.717, 1.165) is 21.2 Å². The fraction of sp³-hybridized carbons (Fsp3) is 0.154. The number of nitrogen functional groups attached to an aromatic ring is 1. The van der Waals surface area contributed by atoms with Crippen LogP contribution in [0.1, 0.15) is 5.56 Å². The Balaban J connectivity index is 1.94. The van der Waals surface area contributed by atoms with Gasteiger partial charge in [-0.15, -0.1) is 0 Å². The highest BCUT2D eigenvalue weighted by Crippen LogP contribution is 2.28. The van der Waals surface area contributed by atoms with Gasteiger partial charge in [0.05, 0.1) is 11.0 Å². The average Bonchev–Trinajstić information content (AvgIpc) is 2.79. The quantitative estimate of drug-likeness (QED) is 0.439. The highest BCUT2D eigenvalue weighted by molar-refractivity contribution is 7.99. The van der Waals surface area contributed by atoms with Gasteiger partial charge >= 0.3 is 0 Å². The fourth-order valence-corrected chi connectivity index (χ4v) is 3.07. The van der Waals surface area contributed by atoms with Gasteiger partial charge in [-0.05, 0) is 42.6 Å². The highest BCUT2D eigenvalue weighted by Gasteiger charge is 2.08. The summed E-state index contributed by atoms with van der Waals surface area (Å²) in [5.74, 6) is 0.471. The molecule has 0 fully saturated rings. The molecule has 0 unspecified atom stereocenters. The first-order valence-electron chi connectivity index (χ1n) is 5.97. The molecule has 0 amide bonds. The number of imidazole rings is 1. The third kappa shape index (κ3) is 2.73. The van der Waals surface area contributed by atoms with Gasteiger partial charge in [0.15, 0.2) is 10.3 Å². The molecule has 0 bridgehead atoms. The summed E-state index contributed by atoms with van der Waals surface area (Å²) in [5, 5.41) is 2.26. The van der Waals surface area contributed by atoms with E-state index in [1.807, 2.05) is 18.4 Å². The number of aryl methyl sites for hydroxylation is 1. The van der Waals surface area contributed by atoms with Crippen molar-refractivity contribution in [1.29, 1.82) is 0 Å². The standard InChI is InChI=1S/C13H13N5S2/c1-7-3-4-8-9(5-7)16-13(15-8)20-11-6-10(14)17-12(18-11)19-2/h3-6H,1-2H3,(H,15,16)(H2,14,17,18). The number of hydrogen-bond donors (Lipinski definition) is 2. The lowest BCUT2D eigenvalue weighted by atomic mass is 10.2. The molecule has 2 aromatic heterocycles. The van der Waals surface area contributed by atoms with Crippen LogP contribution in [0.2, 0.25) is 0 Å². The van der Waals surface area contributed by atoms with Crippen LogP contribution < -0.4 is 5.73 Å². The van der Waals surface area contributed by atoms with E-state index in [9.17, 15) is 0 Å². The summed E-state index contributed by atoms with van der Waals surface area (Å²) < 4.78 is 0. The number of aromatic amines is 1. The van der Waals surface area contributed by atoms with Crippen LogP contribution in [0.25, 0.3) is 11.0 Å². The Kier molecular flexibility index (Phi) is 3.54. The predicted molar refractivity (Wildman–Crippen MR) is 83.2 cm³/mol. The van der Waals surface area contributed by atoms with Crippen molar-refractivity contribution in [1.82, 2.24) is 19.9 Å². The van der Waals surface area contributed by atoms with Crippen LogP contribution in [0, 0.1) is 6.92 Å². The van der Waals surface area contributed by atoms with E-state index in [1.165, 1.54) is 29.1 Å². The second-order valence-electron chi connectivity index (χ2n) is 4.28. The maximum Gasteiger partial charge on any atom is 0.190 e. The number of nitrogens with one attached hydrogen (secondary N) is 1. The van der Waals surface area contributed by atoms with E-state index in [-0.39, 0.29) is 0 Å². The Morgan fingerprint density at radius 2 is 2.00 bits per heavy atom. The van der Waals surface area contributed by atoms with Crippen molar-refractivity contribution in [3.8, 4) is 0 Å². The summed E-state index contributed by atoms with van der Waals surface area (Å²) in [4.78, 5) is 16.4. The van der Waals surface area contributed by atoms with Gasteiger partial charge in [-0.1, -0.05) is 17.8 Å². The summed E-state index contributed by atoms with van der Waals surface area (Å²) in [6, 6.07) is 7.88. The van der Waals surface area contributed by atoms with Crippen molar-refractivity contribution < 1.29 is 0 Å². The van der Waals surface area contributed by atoms with Gasteiger partial charge in [0.2, 0.25) is 0 Å². The van der Waals surface area contributed by atoms with Crippen molar-refractivity contribution in [2.75, 3.05) is 12.0 Å². The molecule has 0 aliphatic carbocycles. The zero-order chi connectivity index (χ0) is 14.1. The molecule has 3 aromatic rings. The van der Waals surface area contributed by atoms with Crippen LogP contribution in [0.3, 0.4) is 0 Å². The van der Waals surface area contributed by atoms with Gasteiger partial charge in [0, 0.05) is 6.07 Å². The maximum atomic E-state index is 5.78. The van der Waals surface area contributed by atoms with E-state index in [2.05, 4.69) is 32.9 Å². The Hall–Kier alpha value is -1.73. The number of nitrogens with zero attached hydrogens (tertiary/aromatic N) is 3. The molecule has 20 heavy (non-hydrogen) atoms. The van der Waals surface area contributed by atoms with Gasteiger partial charge in [-0.2, -0.15) is 0 Å². The smallest absolute Gasteiger partial charge is 0.190 e. The number of rotatable bonds is 3. The molecule has 0 saturated carbocycles. The molecule has 2 heterocycles. The molecule has 1 aromatic carbocycles. The Bertz CT molecular complexity index is 769. The van der Waals surface area contributed by atoms with Crippen molar-refractivity contribution in [3.63, 3.8) is 0 Å². The largest absolute Gasteiger partial charge is 0.384 e. The van der Waals surface area contributed by atoms with E-state index in [1.54, 1.807) is 6.07 Å². The topological polar surface area (TPSA) is 80.5 Å². The first-order valence-corrected chi connectivity index (χ1v) is 8.01. The first-order chi connectivity index (χ1) is 9.64. The normalized spacial score (nSPS) is 11.1.